The summed E-state index contributed by atoms with van der Waals surface area (Å²) in [5.74, 6) is 0.360. The molecular formula is C14H26O3. The van der Waals surface area contributed by atoms with Gasteiger partial charge >= 0.3 is 5.97 Å². The minimum absolute atomic E-state index is 0.0392. The van der Waals surface area contributed by atoms with E-state index in [4.69, 9.17) is 9.47 Å². The van der Waals surface area contributed by atoms with Gasteiger partial charge in [-0.1, -0.05) is 26.2 Å². The first-order chi connectivity index (χ1) is 8.19. The molecule has 0 spiro atoms. The minimum Gasteiger partial charge on any atom is -0.460 e. The van der Waals surface area contributed by atoms with Crippen molar-refractivity contribution in [3.05, 3.63) is 0 Å². The van der Waals surface area contributed by atoms with Crippen LogP contribution in [0, 0.1) is 5.92 Å². The van der Waals surface area contributed by atoms with Gasteiger partial charge in [0.05, 0.1) is 0 Å². The van der Waals surface area contributed by atoms with E-state index in [1.807, 2.05) is 20.8 Å². The van der Waals surface area contributed by atoms with E-state index >= 15 is 0 Å². The molecule has 0 saturated heterocycles. The summed E-state index contributed by atoms with van der Waals surface area (Å²) < 4.78 is 10.9. The van der Waals surface area contributed by atoms with Gasteiger partial charge in [0, 0.05) is 6.61 Å². The third kappa shape index (κ3) is 4.66. The summed E-state index contributed by atoms with van der Waals surface area (Å²) in [7, 11) is 0. The zero-order valence-corrected chi connectivity index (χ0v) is 11.4. The maximum absolute atomic E-state index is 11.9. The molecule has 1 rings (SSSR count). The summed E-state index contributed by atoms with van der Waals surface area (Å²) >= 11 is 0. The molecule has 0 N–H and O–H groups in total. The Labute approximate surface area is 105 Å². The molecule has 0 aromatic rings. The highest BCUT2D eigenvalue weighted by atomic mass is 16.6. The van der Waals surface area contributed by atoms with Gasteiger partial charge in [0.1, 0.15) is 6.10 Å². The molecule has 0 radical (unpaired) electrons. The summed E-state index contributed by atoms with van der Waals surface area (Å²) in [5.41, 5.74) is 0. The monoisotopic (exact) mass is 242 g/mol. The SMILES string of the molecule is CCOC(CC)C(=O)OC(C)C1CCCCC1. The average molecular weight is 242 g/mol. The molecule has 1 aliphatic rings. The van der Waals surface area contributed by atoms with Crippen LogP contribution < -0.4 is 0 Å². The number of ether oxygens (including phenoxy) is 2. The van der Waals surface area contributed by atoms with Gasteiger partial charge in [0.25, 0.3) is 0 Å². The van der Waals surface area contributed by atoms with Crippen molar-refractivity contribution in [1.82, 2.24) is 0 Å². The van der Waals surface area contributed by atoms with Crippen LogP contribution in [0.2, 0.25) is 0 Å². The maximum atomic E-state index is 11.9. The smallest absolute Gasteiger partial charge is 0.335 e. The molecule has 0 aliphatic heterocycles. The van der Waals surface area contributed by atoms with Gasteiger partial charge in [-0.25, -0.2) is 4.79 Å². The van der Waals surface area contributed by atoms with E-state index in [0.29, 0.717) is 18.9 Å². The Balaban J connectivity index is 2.37. The number of esters is 1. The van der Waals surface area contributed by atoms with Crippen LogP contribution in [0.3, 0.4) is 0 Å². The summed E-state index contributed by atoms with van der Waals surface area (Å²) in [6.07, 6.45) is 6.60. The van der Waals surface area contributed by atoms with Crippen molar-refractivity contribution in [3.8, 4) is 0 Å². The zero-order valence-electron chi connectivity index (χ0n) is 11.4. The first-order valence-corrected chi connectivity index (χ1v) is 7.01. The van der Waals surface area contributed by atoms with Crippen LogP contribution in [0.4, 0.5) is 0 Å². The Morgan fingerprint density at radius 1 is 1.24 bits per heavy atom. The molecule has 2 unspecified atom stereocenters. The Morgan fingerprint density at radius 3 is 2.41 bits per heavy atom. The van der Waals surface area contributed by atoms with E-state index in [9.17, 15) is 4.79 Å². The molecule has 0 heterocycles. The molecule has 100 valence electrons. The summed E-state index contributed by atoms with van der Waals surface area (Å²) in [4.78, 5) is 11.9. The molecule has 17 heavy (non-hydrogen) atoms. The minimum atomic E-state index is -0.383. The van der Waals surface area contributed by atoms with Gasteiger partial charge in [-0.15, -0.1) is 0 Å². The van der Waals surface area contributed by atoms with Crippen LogP contribution in [0.5, 0.6) is 0 Å². The zero-order chi connectivity index (χ0) is 12.7. The van der Waals surface area contributed by atoms with Crippen LogP contribution in [0.25, 0.3) is 0 Å². The molecule has 0 amide bonds. The van der Waals surface area contributed by atoms with Gasteiger partial charge in [0.2, 0.25) is 0 Å². The largest absolute Gasteiger partial charge is 0.460 e. The molecule has 3 nitrogen and oxygen atoms in total. The molecular weight excluding hydrogens is 216 g/mol. The topological polar surface area (TPSA) is 35.5 Å². The highest BCUT2D eigenvalue weighted by Crippen LogP contribution is 2.28. The summed E-state index contributed by atoms with van der Waals surface area (Å²) in [5, 5.41) is 0. The van der Waals surface area contributed by atoms with E-state index in [0.717, 1.165) is 0 Å². The quantitative estimate of drug-likeness (QED) is 0.670. The molecule has 0 aromatic carbocycles. The van der Waals surface area contributed by atoms with Crippen molar-refractivity contribution in [2.75, 3.05) is 6.61 Å². The van der Waals surface area contributed by atoms with Gasteiger partial charge in [0.15, 0.2) is 6.10 Å². The van der Waals surface area contributed by atoms with Crippen LogP contribution >= 0.6 is 0 Å². The van der Waals surface area contributed by atoms with E-state index in [1.54, 1.807) is 0 Å². The summed E-state index contributed by atoms with van der Waals surface area (Å²) in [6, 6.07) is 0. The van der Waals surface area contributed by atoms with Crippen molar-refractivity contribution in [1.29, 1.82) is 0 Å². The fraction of sp³-hybridized carbons (Fsp3) is 0.929. The van der Waals surface area contributed by atoms with Crippen LogP contribution in [-0.2, 0) is 14.3 Å². The lowest BCUT2D eigenvalue weighted by molar-refractivity contribution is -0.165. The fourth-order valence-electron chi connectivity index (χ4n) is 2.51. The molecule has 2 atom stereocenters. The second-order valence-corrected chi connectivity index (χ2v) is 4.89. The van der Waals surface area contributed by atoms with Gasteiger partial charge in [-0.3, -0.25) is 0 Å². The lowest BCUT2D eigenvalue weighted by atomic mass is 9.86. The lowest BCUT2D eigenvalue weighted by Gasteiger charge is -2.28. The Hall–Kier alpha value is -0.570. The van der Waals surface area contributed by atoms with Crippen LogP contribution in [-0.4, -0.2) is 24.8 Å². The third-order valence-electron chi connectivity index (χ3n) is 3.62. The molecule has 3 heteroatoms. The van der Waals surface area contributed by atoms with Crippen molar-refractivity contribution >= 4 is 5.97 Å². The number of hydrogen-bond donors (Lipinski definition) is 0. The Morgan fingerprint density at radius 2 is 1.88 bits per heavy atom. The predicted molar refractivity (Wildman–Crippen MR) is 67.8 cm³/mol. The molecule has 1 saturated carbocycles. The maximum Gasteiger partial charge on any atom is 0.335 e. The molecule has 1 aliphatic carbocycles. The van der Waals surface area contributed by atoms with E-state index in [1.165, 1.54) is 32.1 Å². The number of carbonyl (C=O) groups excluding carboxylic acids is 1. The van der Waals surface area contributed by atoms with E-state index in [-0.39, 0.29) is 18.2 Å². The number of rotatable bonds is 6. The Kier molecular flexibility index (Phi) is 6.56. The van der Waals surface area contributed by atoms with Crippen molar-refractivity contribution < 1.29 is 14.3 Å². The fourth-order valence-corrected chi connectivity index (χ4v) is 2.51. The lowest BCUT2D eigenvalue weighted by Crippen LogP contribution is -2.32. The van der Waals surface area contributed by atoms with E-state index in [2.05, 4.69) is 0 Å². The highest BCUT2D eigenvalue weighted by molar-refractivity contribution is 5.74. The van der Waals surface area contributed by atoms with E-state index < -0.39 is 0 Å². The number of hydrogen-bond acceptors (Lipinski definition) is 3. The third-order valence-corrected chi connectivity index (χ3v) is 3.62. The highest BCUT2D eigenvalue weighted by Gasteiger charge is 2.26. The van der Waals surface area contributed by atoms with Gasteiger partial charge in [-0.05, 0) is 39.0 Å². The van der Waals surface area contributed by atoms with Gasteiger partial charge < -0.3 is 9.47 Å². The standard InChI is InChI=1S/C14H26O3/c1-4-13(16-5-2)14(15)17-11(3)12-9-7-6-8-10-12/h11-13H,4-10H2,1-3H3. The number of carbonyl (C=O) groups is 1. The normalized spacial score (nSPS) is 20.9. The molecule has 0 bridgehead atoms. The van der Waals surface area contributed by atoms with Crippen molar-refractivity contribution in [2.45, 2.75) is 71.5 Å². The first-order valence-electron chi connectivity index (χ1n) is 7.01. The van der Waals surface area contributed by atoms with Crippen molar-refractivity contribution in [3.63, 3.8) is 0 Å². The van der Waals surface area contributed by atoms with Crippen LogP contribution in [0.1, 0.15) is 59.3 Å². The van der Waals surface area contributed by atoms with Crippen molar-refractivity contribution in [2.24, 2.45) is 5.92 Å². The second-order valence-electron chi connectivity index (χ2n) is 4.89. The summed E-state index contributed by atoms with van der Waals surface area (Å²) in [6.45, 7) is 6.44. The molecule has 0 aromatic heterocycles. The van der Waals surface area contributed by atoms with Gasteiger partial charge in [-0.2, -0.15) is 0 Å². The van der Waals surface area contributed by atoms with Crippen LogP contribution in [0.15, 0.2) is 0 Å². The Bertz CT molecular complexity index is 222. The average Bonchev–Trinajstić information content (AvgIpc) is 2.36. The predicted octanol–water partition coefficient (Wildman–Crippen LogP) is 3.31. The first kappa shape index (κ1) is 14.5. The second kappa shape index (κ2) is 7.70. The molecule has 1 fully saturated rings.